The molecule has 0 aliphatic heterocycles. The monoisotopic (exact) mass is 203 g/mol. The zero-order chi connectivity index (χ0) is 11.2. The maximum atomic E-state index is 11.2. The van der Waals surface area contributed by atoms with Gasteiger partial charge in [0.15, 0.2) is 0 Å². The Morgan fingerprint density at radius 2 is 1.93 bits per heavy atom. The molecule has 0 aromatic rings. The fourth-order valence-corrected chi connectivity index (χ4v) is 0.653. The van der Waals surface area contributed by atoms with Gasteiger partial charge in [-0.1, -0.05) is 20.8 Å². The van der Waals surface area contributed by atoms with Crippen LogP contribution in [0.1, 0.15) is 27.7 Å². The highest BCUT2D eigenvalue weighted by molar-refractivity contribution is 5.67. The number of ether oxygens (including phenoxy) is 2. The first-order valence-electron chi connectivity index (χ1n) is 4.80. The van der Waals surface area contributed by atoms with Crippen LogP contribution >= 0.6 is 0 Å². The largest absolute Gasteiger partial charge is 0.447 e. The highest BCUT2D eigenvalue weighted by atomic mass is 16.6. The minimum absolute atomic E-state index is 0.0419. The number of methoxy groups -OCH3 is 1. The van der Waals surface area contributed by atoms with Gasteiger partial charge in [-0.3, -0.25) is 0 Å². The van der Waals surface area contributed by atoms with Crippen LogP contribution in [0.5, 0.6) is 0 Å². The van der Waals surface area contributed by atoms with Crippen molar-refractivity contribution in [3.05, 3.63) is 0 Å². The molecule has 0 saturated heterocycles. The summed E-state index contributed by atoms with van der Waals surface area (Å²) in [5.41, 5.74) is 0.0419. The average Bonchev–Trinajstić information content (AvgIpc) is 2.03. The van der Waals surface area contributed by atoms with Gasteiger partial charge >= 0.3 is 6.09 Å². The zero-order valence-electron chi connectivity index (χ0n) is 9.72. The zero-order valence-corrected chi connectivity index (χ0v) is 9.72. The van der Waals surface area contributed by atoms with E-state index in [1.165, 1.54) is 0 Å². The maximum absolute atomic E-state index is 11.2. The highest BCUT2D eigenvalue weighted by Crippen LogP contribution is 2.18. The number of alkyl carbamates (subject to hydrolysis) is 1. The third-order valence-electron chi connectivity index (χ3n) is 2.15. The third-order valence-corrected chi connectivity index (χ3v) is 2.15. The molecule has 0 saturated carbocycles. The van der Waals surface area contributed by atoms with Gasteiger partial charge in [0.05, 0.1) is 6.61 Å². The molecule has 4 heteroatoms. The number of nitrogens with one attached hydrogen (secondary N) is 1. The number of rotatable bonds is 4. The molecule has 0 fully saturated rings. The van der Waals surface area contributed by atoms with Crippen molar-refractivity contribution in [1.82, 2.24) is 5.32 Å². The van der Waals surface area contributed by atoms with Crippen LogP contribution in [0.25, 0.3) is 0 Å². The predicted molar refractivity (Wildman–Crippen MR) is 55.3 cm³/mol. The van der Waals surface area contributed by atoms with E-state index >= 15 is 0 Å². The molecule has 0 heterocycles. The molecule has 1 atom stereocenters. The van der Waals surface area contributed by atoms with E-state index in [-0.39, 0.29) is 17.6 Å². The Kier molecular flexibility index (Phi) is 5.53. The molecule has 1 unspecified atom stereocenters. The Bertz CT molecular complexity index is 175. The summed E-state index contributed by atoms with van der Waals surface area (Å²) < 4.78 is 9.63. The Labute approximate surface area is 86.0 Å². The van der Waals surface area contributed by atoms with Gasteiger partial charge in [0.25, 0.3) is 0 Å². The first-order chi connectivity index (χ1) is 6.38. The van der Waals surface area contributed by atoms with Gasteiger partial charge in [0.2, 0.25) is 0 Å². The van der Waals surface area contributed by atoms with Crippen molar-refractivity contribution >= 4 is 6.09 Å². The molecule has 84 valence electrons. The predicted octanol–water partition coefficient (Wildman–Crippen LogP) is 1.79. The van der Waals surface area contributed by atoms with E-state index in [2.05, 4.69) is 26.1 Å². The quantitative estimate of drug-likeness (QED) is 0.709. The number of carbonyl (C=O) groups excluding carboxylic acids is 1. The average molecular weight is 203 g/mol. The Hall–Kier alpha value is -0.770. The number of hydrogen-bond acceptors (Lipinski definition) is 3. The van der Waals surface area contributed by atoms with E-state index < -0.39 is 0 Å². The molecule has 0 aromatic carbocycles. The Morgan fingerprint density at radius 3 is 2.36 bits per heavy atom. The van der Waals surface area contributed by atoms with Gasteiger partial charge in [0, 0.05) is 13.2 Å². The number of carbonyl (C=O) groups is 1. The molecule has 14 heavy (non-hydrogen) atoms. The van der Waals surface area contributed by atoms with Crippen LogP contribution < -0.4 is 5.32 Å². The minimum Gasteiger partial charge on any atom is -0.447 e. The van der Waals surface area contributed by atoms with Crippen molar-refractivity contribution in [2.45, 2.75) is 33.7 Å². The van der Waals surface area contributed by atoms with E-state index in [0.29, 0.717) is 13.2 Å². The molecule has 0 aliphatic rings. The van der Waals surface area contributed by atoms with Crippen LogP contribution in [0.4, 0.5) is 4.79 Å². The summed E-state index contributed by atoms with van der Waals surface area (Å²) in [6.45, 7) is 8.86. The smallest absolute Gasteiger partial charge is 0.407 e. The summed E-state index contributed by atoms with van der Waals surface area (Å²) in [5, 5.41) is 2.76. The van der Waals surface area contributed by atoms with Gasteiger partial charge in [-0.25, -0.2) is 4.79 Å². The van der Waals surface area contributed by atoms with Crippen LogP contribution in [0.3, 0.4) is 0 Å². The third kappa shape index (κ3) is 5.80. The van der Waals surface area contributed by atoms with Crippen LogP contribution in [-0.4, -0.2) is 32.5 Å². The summed E-state index contributed by atoms with van der Waals surface area (Å²) in [5.74, 6) is 0. The Balaban J connectivity index is 3.72. The molecular formula is C10H21NO3. The van der Waals surface area contributed by atoms with E-state index in [0.717, 1.165) is 0 Å². The summed E-state index contributed by atoms with van der Waals surface area (Å²) in [7, 11) is 1.57. The molecule has 1 amide bonds. The summed E-state index contributed by atoms with van der Waals surface area (Å²) >= 11 is 0. The minimum atomic E-state index is -0.385. The lowest BCUT2D eigenvalue weighted by atomic mass is 9.88. The topological polar surface area (TPSA) is 47.6 Å². The molecule has 0 rings (SSSR count). The van der Waals surface area contributed by atoms with Crippen molar-refractivity contribution in [2.24, 2.45) is 5.41 Å². The lowest BCUT2D eigenvalue weighted by Gasteiger charge is -2.27. The molecule has 4 nitrogen and oxygen atoms in total. The lowest BCUT2D eigenvalue weighted by molar-refractivity contribution is 0.0929. The number of amides is 1. The van der Waals surface area contributed by atoms with Gasteiger partial charge in [-0.15, -0.1) is 0 Å². The van der Waals surface area contributed by atoms with E-state index in [9.17, 15) is 4.79 Å². The molecule has 1 N–H and O–H groups in total. The molecular weight excluding hydrogens is 182 g/mol. The highest BCUT2D eigenvalue weighted by Gasteiger charge is 2.21. The summed E-state index contributed by atoms with van der Waals surface area (Å²) in [4.78, 5) is 11.2. The molecule has 0 bridgehead atoms. The van der Waals surface area contributed by atoms with E-state index in [4.69, 9.17) is 9.47 Å². The van der Waals surface area contributed by atoms with Crippen molar-refractivity contribution in [3.8, 4) is 0 Å². The second-order valence-electron chi connectivity index (χ2n) is 4.36. The fraction of sp³-hybridized carbons (Fsp3) is 0.900. The van der Waals surface area contributed by atoms with Crippen LogP contribution in [0, 0.1) is 5.41 Å². The van der Waals surface area contributed by atoms with Gasteiger partial charge in [-0.2, -0.15) is 0 Å². The van der Waals surface area contributed by atoms with Crippen molar-refractivity contribution in [3.63, 3.8) is 0 Å². The Morgan fingerprint density at radius 1 is 1.36 bits per heavy atom. The van der Waals surface area contributed by atoms with Crippen LogP contribution in [-0.2, 0) is 9.47 Å². The molecule has 0 aliphatic carbocycles. The molecule has 0 spiro atoms. The van der Waals surface area contributed by atoms with E-state index in [1.54, 1.807) is 7.11 Å². The van der Waals surface area contributed by atoms with Crippen molar-refractivity contribution in [2.75, 3.05) is 20.3 Å². The standard InChI is InChI=1S/C10H21NO3/c1-8(10(2,3)4)11-9(12)14-7-6-13-5/h8H,6-7H2,1-5H3,(H,11,12). The van der Waals surface area contributed by atoms with Gasteiger partial charge in [-0.05, 0) is 12.3 Å². The first kappa shape index (κ1) is 13.2. The normalized spacial score (nSPS) is 13.5. The second kappa shape index (κ2) is 5.86. The second-order valence-corrected chi connectivity index (χ2v) is 4.36. The summed E-state index contributed by atoms with van der Waals surface area (Å²) in [6, 6.07) is 0.0811. The van der Waals surface area contributed by atoms with Gasteiger partial charge < -0.3 is 14.8 Å². The molecule has 0 aromatic heterocycles. The van der Waals surface area contributed by atoms with Crippen LogP contribution in [0.15, 0.2) is 0 Å². The summed E-state index contributed by atoms with van der Waals surface area (Å²) in [6.07, 6.45) is -0.385. The number of hydrogen-bond donors (Lipinski definition) is 1. The lowest BCUT2D eigenvalue weighted by Crippen LogP contribution is -2.41. The SMILES string of the molecule is COCCOC(=O)NC(C)C(C)(C)C. The van der Waals surface area contributed by atoms with Crippen LogP contribution in [0.2, 0.25) is 0 Å². The van der Waals surface area contributed by atoms with Crippen molar-refractivity contribution in [1.29, 1.82) is 0 Å². The first-order valence-corrected chi connectivity index (χ1v) is 4.80. The fourth-order valence-electron chi connectivity index (χ4n) is 0.653. The molecule has 0 radical (unpaired) electrons. The maximum Gasteiger partial charge on any atom is 0.407 e. The van der Waals surface area contributed by atoms with E-state index in [1.807, 2.05) is 6.92 Å². The van der Waals surface area contributed by atoms with Crippen molar-refractivity contribution < 1.29 is 14.3 Å². The van der Waals surface area contributed by atoms with Gasteiger partial charge in [0.1, 0.15) is 6.61 Å².